The Balaban J connectivity index is 2.10. The van der Waals surface area contributed by atoms with Crippen molar-refractivity contribution in [1.29, 1.82) is 0 Å². The van der Waals surface area contributed by atoms with E-state index in [0.29, 0.717) is 22.7 Å². The van der Waals surface area contributed by atoms with Crippen LogP contribution in [0.2, 0.25) is 0 Å². The Morgan fingerprint density at radius 3 is 2.81 bits per heavy atom. The van der Waals surface area contributed by atoms with E-state index in [0.717, 1.165) is 5.56 Å². The van der Waals surface area contributed by atoms with Gasteiger partial charge in [0.15, 0.2) is 5.01 Å². The highest BCUT2D eigenvalue weighted by Gasteiger charge is 2.16. The van der Waals surface area contributed by atoms with Crippen LogP contribution in [0.1, 0.15) is 27.4 Å². The van der Waals surface area contributed by atoms with Gasteiger partial charge in [-0.05, 0) is 17.7 Å². The summed E-state index contributed by atoms with van der Waals surface area (Å²) < 4.78 is 35.9. The van der Waals surface area contributed by atoms with Crippen LogP contribution in [0.4, 0.5) is 13.9 Å². The average molecular weight is 331 g/mol. The minimum atomic E-state index is -2.71. The summed E-state index contributed by atoms with van der Waals surface area (Å²) in [6, 6.07) is 6.61. The smallest absolute Gasteiger partial charge is 0.291 e. The molecule has 112 valence electrons. The van der Waals surface area contributed by atoms with Crippen LogP contribution in [0.15, 0.2) is 24.3 Å². The molecule has 1 atom stereocenters. The van der Waals surface area contributed by atoms with Crippen molar-refractivity contribution in [1.82, 2.24) is 10.2 Å². The number of rotatable bonds is 5. The molecule has 9 heteroatoms. The maximum absolute atomic E-state index is 12.4. The van der Waals surface area contributed by atoms with Gasteiger partial charge in [0.2, 0.25) is 5.13 Å². The third-order valence-corrected chi connectivity index (χ3v) is 3.99. The van der Waals surface area contributed by atoms with Crippen molar-refractivity contribution in [2.45, 2.75) is 12.2 Å². The normalized spacial score (nSPS) is 12.4. The summed E-state index contributed by atoms with van der Waals surface area (Å²) in [4.78, 5) is 12.0. The van der Waals surface area contributed by atoms with Gasteiger partial charge in [-0.25, -0.2) is 8.78 Å². The molecule has 0 spiro atoms. The molecule has 2 rings (SSSR count). The first kappa shape index (κ1) is 15.6. The van der Waals surface area contributed by atoms with Crippen molar-refractivity contribution in [2.75, 3.05) is 11.6 Å². The third-order valence-electron chi connectivity index (χ3n) is 2.41. The molecule has 0 radical (unpaired) electrons. The zero-order valence-electron chi connectivity index (χ0n) is 10.9. The summed E-state index contributed by atoms with van der Waals surface area (Å²) >= 11 is 0.626. The Morgan fingerprint density at radius 2 is 2.19 bits per heavy atom. The Kier molecular flexibility index (Phi) is 5.07. The number of nitrogens with zero attached hydrogens (tertiary/aromatic N) is 2. The number of carbonyl (C=O) groups is 1. The standard InChI is InChI=1S/C12H11F2N3O2S2/c1-21(19)6-7-3-2-4-8(5-7)10(18)15-12-17-16-11(20-12)9(13)14/h2-5,9H,6H2,1H3,(H,15,17,18)/t21-/m1/s1. The lowest BCUT2D eigenvalue weighted by molar-refractivity contribution is 0.102. The van der Waals surface area contributed by atoms with Gasteiger partial charge in [0.1, 0.15) is 0 Å². The van der Waals surface area contributed by atoms with Gasteiger partial charge in [-0.3, -0.25) is 14.3 Å². The number of carbonyl (C=O) groups excluding carboxylic acids is 1. The molecule has 0 bridgehead atoms. The second kappa shape index (κ2) is 6.81. The Hall–Kier alpha value is -1.74. The maximum Gasteiger partial charge on any atom is 0.291 e. The molecule has 1 aromatic heterocycles. The molecule has 1 aromatic carbocycles. The topological polar surface area (TPSA) is 72.0 Å². The summed E-state index contributed by atoms with van der Waals surface area (Å²) in [6.45, 7) is 0. The third kappa shape index (κ3) is 4.36. The van der Waals surface area contributed by atoms with E-state index >= 15 is 0 Å². The van der Waals surface area contributed by atoms with E-state index in [1.54, 1.807) is 30.5 Å². The minimum Gasteiger partial charge on any atom is -0.296 e. The lowest BCUT2D eigenvalue weighted by Gasteiger charge is -2.03. The van der Waals surface area contributed by atoms with E-state index in [-0.39, 0.29) is 5.13 Å². The first-order valence-corrected chi connectivity index (χ1v) is 8.32. The van der Waals surface area contributed by atoms with Crippen molar-refractivity contribution in [3.8, 4) is 0 Å². The van der Waals surface area contributed by atoms with Gasteiger partial charge in [-0.2, -0.15) is 0 Å². The van der Waals surface area contributed by atoms with Crippen LogP contribution in [0.5, 0.6) is 0 Å². The molecule has 0 unspecified atom stereocenters. The number of anilines is 1. The summed E-state index contributed by atoms with van der Waals surface area (Å²) in [7, 11) is -1.01. The number of hydrogen-bond acceptors (Lipinski definition) is 5. The highest BCUT2D eigenvalue weighted by molar-refractivity contribution is 7.83. The summed E-state index contributed by atoms with van der Waals surface area (Å²) in [6.07, 6.45) is -1.14. The molecule has 2 aromatic rings. The fourth-order valence-electron chi connectivity index (χ4n) is 1.58. The lowest BCUT2D eigenvalue weighted by atomic mass is 10.1. The maximum atomic E-state index is 12.4. The van der Waals surface area contributed by atoms with E-state index in [9.17, 15) is 17.8 Å². The van der Waals surface area contributed by atoms with Crippen LogP contribution in [-0.2, 0) is 16.6 Å². The largest absolute Gasteiger partial charge is 0.296 e. The van der Waals surface area contributed by atoms with E-state index < -0.39 is 28.1 Å². The fraction of sp³-hybridized carbons (Fsp3) is 0.250. The Bertz CT molecular complexity index is 676. The van der Waals surface area contributed by atoms with Crippen molar-refractivity contribution in [3.63, 3.8) is 0 Å². The summed E-state index contributed by atoms with van der Waals surface area (Å²) in [5.74, 6) is -0.133. The van der Waals surface area contributed by atoms with Gasteiger partial charge in [-0.1, -0.05) is 23.5 Å². The second-order valence-corrected chi connectivity index (χ2v) is 6.56. The molecule has 0 aliphatic rings. The Labute approximate surface area is 125 Å². The highest BCUT2D eigenvalue weighted by Crippen LogP contribution is 2.25. The number of halogens is 2. The summed E-state index contributed by atoms with van der Waals surface area (Å²) in [5.41, 5.74) is 1.10. The van der Waals surface area contributed by atoms with Gasteiger partial charge in [0.05, 0.1) is 0 Å². The van der Waals surface area contributed by atoms with Crippen molar-refractivity contribution in [3.05, 3.63) is 40.4 Å². The number of aromatic nitrogens is 2. The highest BCUT2D eigenvalue weighted by atomic mass is 32.2. The van der Waals surface area contributed by atoms with Crippen LogP contribution in [0.3, 0.4) is 0 Å². The molecule has 21 heavy (non-hydrogen) atoms. The van der Waals surface area contributed by atoms with E-state index in [1.807, 2.05) is 0 Å². The van der Waals surface area contributed by atoms with Crippen molar-refractivity contribution in [2.24, 2.45) is 0 Å². The monoisotopic (exact) mass is 331 g/mol. The number of benzene rings is 1. The molecule has 0 fully saturated rings. The zero-order valence-corrected chi connectivity index (χ0v) is 12.5. The van der Waals surface area contributed by atoms with Gasteiger partial charge in [0.25, 0.3) is 12.3 Å². The molecular formula is C12H11F2N3O2S2. The molecule has 0 saturated heterocycles. The number of amides is 1. The molecular weight excluding hydrogens is 320 g/mol. The van der Waals surface area contributed by atoms with Gasteiger partial charge >= 0.3 is 0 Å². The molecule has 1 heterocycles. The molecule has 0 aliphatic carbocycles. The Morgan fingerprint density at radius 1 is 1.43 bits per heavy atom. The number of nitrogens with one attached hydrogen (secondary N) is 1. The predicted molar refractivity (Wildman–Crippen MR) is 77.0 cm³/mol. The molecule has 0 aliphatic heterocycles. The van der Waals surface area contributed by atoms with E-state index in [4.69, 9.17) is 0 Å². The van der Waals surface area contributed by atoms with Gasteiger partial charge in [-0.15, -0.1) is 10.2 Å². The van der Waals surface area contributed by atoms with Crippen molar-refractivity contribution < 1.29 is 17.8 Å². The van der Waals surface area contributed by atoms with Gasteiger partial charge < -0.3 is 0 Å². The SMILES string of the molecule is C[S@@](=O)Cc1cccc(C(=O)Nc2nnc(C(F)F)s2)c1. The van der Waals surface area contributed by atoms with Crippen LogP contribution in [0.25, 0.3) is 0 Å². The number of alkyl halides is 2. The summed E-state index contributed by atoms with van der Waals surface area (Å²) in [5, 5.41) is 8.75. The lowest BCUT2D eigenvalue weighted by Crippen LogP contribution is -2.12. The van der Waals surface area contributed by atoms with E-state index in [1.165, 1.54) is 0 Å². The second-order valence-electron chi connectivity index (χ2n) is 4.12. The molecule has 5 nitrogen and oxygen atoms in total. The first-order chi connectivity index (χ1) is 9.95. The quantitative estimate of drug-likeness (QED) is 0.914. The zero-order chi connectivity index (χ0) is 15.4. The molecule has 1 N–H and O–H groups in total. The van der Waals surface area contributed by atoms with Crippen molar-refractivity contribution >= 4 is 33.2 Å². The number of hydrogen-bond donors (Lipinski definition) is 1. The molecule has 1 amide bonds. The molecule has 0 saturated carbocycles. The van der Waals surface area contributed by atoms with Crippen LogP contribution >= 0.6 is 11.3 Å². The van der Waals surface area contributed by atoms with E-state index in [2.05, 4.69) is 15.5 Å². The first-order valence-electron chi connectivity index (χ1n) is 5.77. The predicted octanol–water partition coefficient (Wildman–Crippen LogP) is 2.61. The van der Waals surface area contributed by atoms with Gasteiger partial charge in [0, 0.05) is 28.4 Å². The van der Waals surface area contributed by atoms with Crippen LogP contribution in [0, 0.1) is 0 Å². The minimum absolute atomic E-state index is 0.0137. The van der Waals surface area contributed by atoms with Crippen LogP contribution < -0.4 is 5.32 Å². The average Bonchev–Trinajstić information content (AvgIpc) is 2.87. The van der Waals surface area contributed by atoms with Crippen LogP contribution in [-0.4, -0.2) is 26.6 Å². The fourth-order valence-corrected chi connectivity index (χ4v) is 2.82.